The summed E-state index contributed by atoms with van der Waals surface area (Å²) in [6.07, 6.45) is 1.72. The minimum Gasteiger partial charge on any atom is -0.393 e. The molecular formula is C14H18F2N2S. The highest BCUT2D eigenvalue weighted by molar-refractivity contribution is 7.80. The quantitative estimate of drug-likeness (QED) is 0.865. The van der Waals surface area contributed by atoms with Crippen LogP contribution in [0.2, 0.25) is 0 Å². The molecule has 5 heteroatoms. The first-order valence-electron chi connectivity index (χ1n) is 6.37. The molecule has 2 N–H and O–H groups in total. The Morgan fingerprint density at radius 2 is 2.00 bits per heavy atom. The lowest BCUT2D eigenvalue weighted by Gasteiger charge is -2.38. The fourth-order valence-electron chi connectivity index (χ4n) is 2.36. The first-order chi connectivity index (χ1) is 8.90. The Kier molecular flexibility index (Phi) is 4.16. The van der Waals surface area contributed by atoms with E-state index in [1.807, 2.05) is 0 Å². The van der Waals surface area contributed by atoms with Crippen LogP contribution in [0, 0.1) is 17.0 Å². The second-order valence-corrected chi connectivity index (χ2v) is 5.88. The van der Waals surface area contributed by atoms with E-state index in [2.05, 4.69) is 11.8 Å². The summed E-state index contributed by atoms with van der Waals surface area (Å²) in [4.78, 5) is 2.65. The first-order valence-corrected chi connectivity index (χ1v) is 6.78. The molecule has 1 aliphatic rings. The topological polar surface area (TPSA) is 29.3 Å². The highest BCUT2D eigenvalue weighted by atomic mass is 32.1. The van der Waals surface area contributed by atoms with E-state index in [9.17, 15) is 8.78 Å². The molecule has 0 aromatic heterocycles. The lowest BCUT2D eigenvalue weighted by Crippen LogP contribution is -2.44. The summed E-state index contributed by atoms with van der Waals surface area (Å²) in [5.74, 6) is -0.759. The maximum atomic E-state index is 13.6. The predicted molar refractivity (Wildman–Crippen MR) is 75.8 cm³/mol. The molecule has 0 bridgehead atoms. The van der Waals surface area contributed by atoms with Crippen molar-refractivity contribution in [3.05, 3.63) is 35.4 Å². The minimum atomic E-state index is -0.401. The van der Waals surface area contributed by atoms with E-state index >= 15 is 0 Å². The molecule has 19 heavy (non-hydrogen) atoms. The Labute approximate surface area is 117 Å². The molecule has 0 unspecified atom stereocenters. The molecule has 0 aliphatic carbocycles. The molecule has 2 nitrogen and oxygen atoms in total. The Bertz CT molecular complexity index is 482. The zero-order chi connectivity index (χ0) is 14.0. The van der Waals surface area contributed by atoms with E-state index in [0.717, 1.165) is 32.0 Å². The van der Waals surface area contributed by atoms with E-state index in [1.165, 1.54) is 12.1 Å². The fraction of sp³-hybridized carbons (Fsp3) is 0.500. The van der Waals surface area contributed by atoms with Gasteiger partial charge in [0.1, 0.15) is 11.6 Å². The number of nitrogens with two attached hydrogens (primary N) is 1. The van der Waals surface area contributed by atoms with Crippen LogP contribution in [0.25, 0.3) is 0 Å². The molecule has 1 heterocycles. The summed E-state index contributed by atoms with van der Waals surface area (Å²) in [6.45, 7) is 4.08. The lowest BCUT2D eigenvalue weighted by molar-refractivity contribution is 0.156. The molecule has 0 atom stereocenters. The Balaban J connectivity index is 1.99. The molecule has 0 spiro atoms. The van der Waals surface area contributed by atoms with Gasteiger partial charge in [-0.25, -0.2) is 8.78 Å². The predicted octanol–water partition coefficient (Wildman–Crippen LogP) is 2.85. The van der Waals surface area contributed by atoms with E-state index in [4.69, 9.17) is 18.0 Å². The SMILES string of the molecule is CC1(C(N)=S)CCN(Cc2cc(F)ccc2F)CC1. The van der Waals surface area contributed by atoms with Crippen LogP contribution in [0.4, 0.5) is 8.78 Å². The molecular weight excluding hydrogens is 266 g/mol. The first kappa shape index (κ1) is 14.3. The maximum Gasteiger partial charge on any atom is 0.127 e. The third-order valence-electron chi connectivity index (χ3n) is 3.96. The highest BCUT2D eigenvalue weighted by Crippen LogP contribution is 2.31. The number of thiocarbonyl (C=S) groups is 1. The number of rotatable bonds is 3. The maximum absolute atomic E-state index is 13.6. The average molecular weight is 284 g/mol. The Morgan fingerprint density at radius 3 is 2.58 bits per heavy atom. The van der Waals surface area contributed by atoms with Gasteiger partial charge >= 0.3 is 0 Å². The van der Waals surface area contributed by atoms with Gasteiger partial charge in [0.25, 0.3) is 0 Å². The molecule has 0 radical (unpaired) electrons. The van der Waals surface area contributed by atoms with Gasteiger partial charge in [-0.15, -0.1) is 0 Å². The van der Waals surface area contributed by atoms with Crippen molar-refractivity contribution in [3.63, 3.8) is 0 Å². The Morgan fingerprint density at radius 1 is 1.37 bits per heavy atom. The van der Waals surface area contributed by atoms with Crippen molar-refractivity contribution in [2.24, 2.45) is 11.1 Å². The van der Waals surface area contributed by atoms with Crippen molar-refractivity contribution in [2.45, 2.75) is 26.3 Å². The molecule has 1 fully saturated rings. The van der Waals surface area contributed by atoms with Crippen molar-refractivity contribution in [1.29, 1.82) is 0 Å². The van der Waals surface area contributed by atoms with Crippen LogP contribution in [-0.4, -0.2) is 23.0 Å². The van der Waals surface area contributed by atoms with E-state index < -0.39 is 5.82 Å². The van der Waals surface area contributed by atoms with Crippen molar-refractivity contribution in [2.75, 3.05) is 13.1 Å². The number of benzene rings is 1. The van der Waals surface area contributed by atoms with Crippen LogP contribution in [-0.2, 0) is 6.54 Å². The normalized spacial score (nSPS) is 19.3. The average Bonchev–Trinajstić information content (AvgIpc) is 2.36. The van der Waals surface area contributed by atoms with Crippen molar-refractivity contribution in [1.82, 2.24) is 4.90 Å². The van der Waals surface area contributed by atoms with Crippen molar-refractivity contribution >= 4 is 17.2 Å². The number of halogens is 2. The second kappa shape index (κ2) is 5.51. The highest BCUT2D eigenvalue weighted by Gasteiger charge is 2.32. The third-order valence-corrected chi connectivity index (χ3v) is 4.45. The zero-order valence-corrected chi connectivity index (χ0v) is 11.8. The van der Waals surface area contributed by atoms with Gasteiger partial charge in [0.15, 0.2) is 0 Å². The molecule has 0 saturated carbocycles. The largest absolute Gasteiger partial charge is 0.393 e. The molecule has 104 valence electrons. The van der Waals surface area contributed by atoms with Gasteiger partial charge in [0.05, 0.1) is 4.99 Å². The van der Waals surface area contributed by atoms with Crippen LogP contribution < -0.4 is 5.73 Å². The van der Waals surface area contributed by atoms with E-state index in [1.54, 1.807) is 0 Å². The third kappa shape index (κ3) is 3.28. The van der Waals surface area contributed by atoms with Gasteiger partial charge in [0.2, 0.25) is 0 Å². The van der Waals surface area contributed by atoms with Gasteiger partial charge in [0, 0.05) is 17.5 Å². The summed E-state index contributed by atoms with van der Waals surface area (Å²) < 4.78 is 26.7. The van der Waals surface area contributed by atoms with Gasteiger partial charge in [-0.05, 0) is 44.1 Å². The number of nitrogens with zero attached hydrogens (tertiary/aromatic N) is 1. The van der Waals surface area contributed by atoms with Gasteiger partial charge < -0.3 is 5.73 Å². The molecule has 1 aliphatic heterocycles. The standard InChI is InChI=1S/C14H18F2N2S/c1-14(13(17)19)4-6-18(7-5-14)9-10-8-11(15)2-3-12(10)16/h2-3,8H,4-7,9H2,1H3,(H2,17,19). The lowest BCUT2D eigenvalue weighted by atomic mass is 9.80. The van der Waals surface area contributed by atoms with Crippen LogP contribution >= 0.6 is 12.2 Å². The van der Waals surface area contributed by atoms with E-state index in [-0.39, 0.29) is 11.2 Å². The summed E-state index contributed by atoms with van der Waals surface area (Å²) in [5.41, 5.74) is 6.04. The minimum absolute atomic E-state index is 0.105. The Hall–Kier alpha value is -1.07. The smallest absolute Gasteiger partial charge is 0.127 e. The van der Waals surface area contributed by atoms with Crippen molar-refractivity contribution in [3.8, 4) is 0 Å². The van der Waals surface area contributed by atoms with Crippen molar-refractivity contribution < 1.29 is 8.78 Å². The molecule has 1 aromatic rings. The summed E-state index contributed by atoms with van der Waals surface area (Å²) in [6, 6.07) is 3.57. The zero-order valence-electron chi connectivity index (χ0n) is 11.0. The molecule has 2 rings (SSSR count). The number of likely N-dealkylation sites (tertiary alicyclic amines) is 1. The van der Waals surface area contributed by atoms with Crippen LogP contribution in [0.15, 0.2) is 18.2 Å². The van der Waals surface area contributed by atoms with Gasteiger partial charge in [-0.1, -0.05) is 19.1 Å². The second-order valence-electron chi connectivity index (χ2n) is 5.44. The fourth-order valence-corrected chi connectivity index (χ4v) is 2.56. The van der Waals surface area contributed by atoms with Gasteiger partial charge in [-0.3, -0.25) is 4.90 Å². The molecule has 1 saturated heterocycles. The molecule has 1 aromatic carbocycles. The van der Waals surface area contributed by atoms with E-state index in [0.29, 0.717) is 17.1 Å². The number of piperidine rings is 1. The summed E-state index contributed by atoms with van der Waals surface area (Å²) in [7, 11) is 0. The molecule has 0 amide bonds. The van der Waals surface area contributed by atoms with Crippen LogP contribution in [0.1, 0.15) is 25.3 Å². The number of hydrogen-bond donors (Lipinski definition) is 1. The summed E-state index contributed by atoms with van der Waals surface area (Å²) >= 11 is 5.08. The van der Waals surface area contributed by atoms with Gasteiger partial charge in [-0.2, -0.15) is 0 Å². The van der Waals surface area contributed by atoms with Crippen LogP contribution in [0.5, 0.6) is 0 Å². The number of hydrogen-bond acceptors (Lipinski definition) is 2. The van der Waals surface area contributed by atoms with Crippen LogP contribution in [0.3, 0.4) is 0 Å². The monoisotopic (exact) mass is 284 g/mol. The summed E-state index contributed by atoms with van der Waals surface area (Å²) in [5, 5.41) is 0.